The number of carbonyl (C=O) groups excluding carboxylic acids is 1. The van der Waals surface area contributed by atoms with Crippen LogP contribution < -0.4 is 10.1 Å². The molecule has 1 aromatic carbocycles. The molecule has 0 aromatic heterocycles. The fourth-order valence-electron chi connectivity index (χ4n) is 2.50. The molecule has 1 atom stereocenters. The Morgan fingerprint density at radius 2 is 2.14 bits per heavy atom. The van der Waals surface area contributed by atoms with Crippen molar-refractivity contribution >= 4 is 23.3 Å². The molecule has 2 rings (SSSR count). The van der Waals surface area contributed by atoms with E-state index in [1.165, 1.54) is 0 Å². The van der Waals surface area contributed by atoms with Crippen molar-refractivity contribution in [3.8, 4) is 5.75 Å². The SMILES string of the molecule is COc1ccc(C(C)CC(=O)N[C@H]2C[C@@H](N=C=S)C2)cc1. The van der Waals surface area contributed by atoms with E-state index in [1.807, 2.05) is 24.3 Å². The molecule has 112 valence electrons. The second-order valence-electron chi connectivity index (χ2n) is 5.49. The number of methoxy groups -OCH3 is 1. The monoisotopic (exact) mass is 304 g/mol. The Morgan fingerprint density at radius 1 is 1.48 bits per heavy atom. The van der Waals surface area contributed by atoms with E-state index in [-0.39, 0.29) is 23.9 Å². The minimum atomic E-state index is 0.0908. The number of benzene rings is 1. The van der Waals surface area contributed by atoms with Gasteiger partial charge in [0.1, 0.15) is 5.75 Å². The maximum Gasteiger partial charge on any atom is 0.220 e. The molecule has 5 heteroatoms. The molecule has 1 saturated carbocycles. The van der Waals surface area contributed by atoms with Crippen LogP contribution in [0.3, 0.4) is 0 Å². The summed E-state index contributed by atoms with van der Waals surface area (Å²) < 4.78 is 5.13. The number of aliphatic imine (C=N–C) groups is 1. The van der Waals surface area contributed by atoms with Crippen LogP contribution in [-0.4, -0.2) is 30.3 Å². The van der Waals surface area contributed by atoms with Gasteiger partial charge in [0.25, 0.3) is 0 Å². The first-order chi connectivity index (χ1) is 10.1. The van der Waals surface area contributed by atoms with Crippen molar-refractivity contribution in [3.63, 3.8) is 0 Å². The van der Waals surface area contributed by atoms with Gasteiger partial charge in [0.15, 0.2) is 0 Å². The van der Waals surface area contributed by atoms with Crippen molar-refractivity contribution in [3.05, 3.63) is 29.8 Å². The Morgan fingerprint density at radius 3 is 2.71 bits per heavy atom. The molecule has 1 fully saturated rings. The molecule has 0 aliphatic heterocycles. The topological polar surface area (TPSA) is 50.7 Å². The number of nitrogens with zero attached hydrogens (tertiary/aromatic N) is 1. The van der Waals surface area contributed by atoms with Crippen LogP contribution in [0.2, 0.25) is 0 Å². The second kappa shape index (κ2) is 7.34. The highest BCUT2D eigenvalue weighted by atomic mass is 32.1. The van der Waals surface area contributed by atoms with E-state index >= 15 is 0 Å². The molecule has 0 heterocycles. The summed E-state index contributed by atoms with van der Waals surface area (Å²) in [5.41, 5.74) is 1.14. The molecule has 0 radical (unpaired) electrons. The number of amides is 1. The van der Waals surface area contributed by atoms with Crippen LogP contribution in [0.1, 0.15) is 37.7 Å². The molecule has 1 aliphatic carbocycles. The molecule has 1 amide bonds. The number of hydrogen-bond acceptors (Lipinski definition) is 4. The van der Waals surface area contributed by atoms with Crippen LogP contribution >= 0.6 is 12.2 Å². The van der Waals surface area contributed by atoms with Crippen LogP contribution in [0, 0.1) is 0 Å². The Labute approximate surface area is 130 Å². The number of rotatable bonds is 6. The molecule has 4 nitrogen and oxygen atoms in total. The average molecular weight is 304 g/mol. The highest BCUT2D eigenvalue weighted by Gasteiger charge is 2.30. The third-order valence-electron chi connectivity index (χ3n) is 3.89. The lowest BCUT2D eigenvalue weighted by Gasteiger charge is -2.32. The van der Waals surface area contributed by atoms with Crippen molar-refractivity contribution in [2.75, 3.05) is 7.11 Å². The predicted octanol–water partition coefficient (Wildman–Crippen LogP) is 2.94. The summed E-state index contributed by atoms with van der Waals surface area (Å²) >= 11 is 4.57. The lowest BCUT2D eigenvalue weighted by Crippen LogP contribution is -2.46. The standard InChI is InChI=1S/C16H20N2O2S/c1-11(12-3-5-15(20-2)6-4-12)7-16(19)18-14-8-13(9-14)17-10-21/h3-6,11,13-14H,7-9H2,1-2H3,(H,18,19)/t11?,13-,14+. The summed E-state index contributed by atoms with van der Waals surface area (Å²) in [7, 11) is 1.64. The highest BCUT2D eigenvalue weighted by Crippen LogP contribution is 2.25. The van der Waals surface area contributed by atoms with Crippen LogP contribution in [0.4, 0.5) is 0 Å². The molecule has 1 aliphatic rings. The summed E-state index contributed by atoms with van der Waals surface area (Å²) in [5.74, 6) is 1.11. The van der Waals surface area contributed by atoms with Crippen LogP contribution in [0.25, 0.3) is 0 Å². The van der Waals surface area contributed by atoms with Crippen molar-refractivity contribution in [2.45, 2.75) is 44.2 Å². The quantitative estimate of drug-likeness (QED) is 0.649. The molecule has 1 N–H and O–H groups in total. The van der Waals surface area contributed by atoms with Gasteiger partial charge in [0, 0.05) is 12.5 Å². The second-order valence-corrected chi connectivity index (χ2v) is 5.67. The zero-order chi connectivity index (χ0) is 15.2. The summed E-state index contributed by atoms with van der Waals surface area (Å²) in [6, 6.07) is 8.33. The van der Waals surface area contributed by atoms with Gasteiger partial charge in [0.05, 0.1) is 18.3 Å². The number of carbonyl (C=O) groups is 1. The molecule has 21 heavy (non-hydrogen) atoms. The molecule has 1 aromatic rings. The van der Waals surface area contributed by atoms with Crippen molar-refractivity contribution < 1.29 is 9.53 Å². The van der Waals surface area contributed by atoms with E-state index in [4.69, 9.17) is 4.74 Å². The zero-order valence-electron chi connectivity index (χ0n) is 12.3. The predicted molar refractivity (Wildman–Crippen MR) is 86.0 cm³/mol. The largest absolute Gasteiger partial charge is 0.497 e. The summed E-state index contributed by atoms with van der Waals surface area (Å²) in [6.07, 6.45) is 2.22. The third-order valence-corrected chi connectivity index (χ3v) is 4.00. The maximum atomic E-state index is 12.0. The fraction of sp³-hybridized carbons (Fsp3) is 0.500. The van der Waals surface area contributed by atoms with Gasteiger partial charge in [-0.05, 0) is 48.7 Å². The first kappa shape index (κ1) is 15.7. The Kier molecular flexibility index (Phi) is 5.48. The number of isothiocyanates is 1. The van der Waals surface area contributed by atoms with E-state index in [9.17, 15) is 4.79 Å². The molecule has 0 saturated heterocycles. The third kappa shape index (κ3) is 4.38. The van der Waals surface area contributed by atoms with E-state index in [0.29, 0.717) is 6.42 Å². The number of ether oxygens (including phenoxy) is 1. The van der Waals surface area contributed by atoms with Crippen molar-refractivity contribution in [1.29, 1.82) is 0 Å². The summed E-state index contributed by atoms with van der Waals surface area (Å²) in [6.45, 7) is 2.06. The van der Waals surface area contributed by atoms with Gasteiger partial charge in [-0.15, -0.1) is 0 Å². The minimum Gasteiger partial charge on any atom is -0.497 e. The van der Waals surface area contributed by atoms with Gasteiger partial charge in [-0.3, -0.25) is 4.79 Å². The van der Waals surface area contributed by atoms with Gasteiger partial charge >= 0.3 is 0 Å². The molecular weight excluding hydrogens is 284 g/mol. The molecule has 0 bridgehead atoms. The highest BCUT2D eigenvalue weighted by molar-refractivity contribution is 7.78. The Hall–Kier alpha value is -1.71. The van der Waals surface area contributed by atoms with Crippen LogP contribution in [0.5, 0.6) is 5.75 Å². The van der Waals surface area contributed by atoms with Gasteiger partial charge in [0.2, 0.25) is 5.91 Å². The Balaban J connectivity index is 1.78. The van der Waals surface area contributed by atoms with E-state index in [2.05, 4.69) is 34.6 Å². The molecule has 1 unspecified atom stereocenters. The Bertz CT molecular complexity index is 532. The van der Waals surface area contributed by atoms with Gasteiger partial charge in [-0.2, -0.15) is 0 Å². The number of thiocarbonyl (C=S) groups is 1. The van der Waals surface area contributed by atoms with E-state index in [0.717, 1.165) is 24.2 Å². The number of hydrogen-bond donors (Lipinski definition) is 1. The lowest BCUT2D eigenvalue weighted by molar-refractivity contribution is -0.122. The summed E-state index contributed by atoms with van der Waals surface area (Å²) in [4.78, 5) is 16.0. The van der Waals surface area contributed by atoms with E-state index < -0.39 is 0 Å². The average Bonchev–Trinajstić information content (AvgIpc) is 2.45. The van der Waals surface area contributed by atoms with E-state index in [1.54, 1.807) is 7.11 Å². The van der Waals surface area contributed by atoms with Crippen LogP contribution in [0.15, 0.2) is 29.3 Å². The molecule has 0 spiro atoms. The normalized spacial score (nSPS) is 21.6. The van der Waals surface area contributed by atoms with Crippen molar-refractivity contribution in [2.24, 2.45) is 4.99 Å². The first-order valence-electron chi connectivity index (χ1n) is 7.12. The van der Waals surface area contributed by atoms with Crippen LogP contribution in [-0.2, 0) is 4.79 Å². The minimum absolute atomic E-state index is 0.0908. The molecular formula is C16H20N2O2S. The summed E-state index contributed by atoms with van der Waals surface area (Å²) in [5, 5.41) is 5.43. The lowest BCUT2D eigenvalue weighted by atomic mass is 9.87. The number of nitrogens with one attached hydrogen (secondary N) is 1. The van der Waals surface area contributed by atoms with Gasteiger partial charge < -0.3 is 10.1 Å². The fourth-order valence-corrected chi connectivity index (χ4v) is 2.65. The van der Waals surface area contributed by atoms with Gasteiger partial charge in [-0.25, -0.2) is 4.99 Å². The first-order valence-corrected chi connectivity index (χ1v) is 7.53. The zero-order valence-corrected chi connectivity index (χ0v) is 13.2. The maximum absolute atomic E-state index is 12.0. The van der Waals surface area contributed by atoms with Crippen molar-refractivity contribution in [1.82, 2.24) is 5.32 Å². The van der Waals surface area contributed by atoms with Gasteiger partial charge in [-0.1, -0.05) is 19.1 Å². The smallest absolute Gasteiger partial charge is 0.220 e.